The molecule has 2 aromatic carbocycles. The third-order valence-electron chi connectivity index (χ3n) is 5.95. The zero-order valence-electron chi connectivity index (χ0n) is 17.2. The molecule has 0 saturated heterocycles. The fourth-order valence-corrected chi connectivity index (χ4v) is 4.84. The Hall–Kier alpha value is -3.12. The summed E-state index contributed by atoms with van der Waals surface area (Å²) in [5, 5.41) is 0.722. The first-order chi connectivity index (χ1) is 15.2. The van der Waals surface area contributed by atoms with Gasteiger partial charge >= 0.3 is 10.2 Å². The fraction of sp³-hybridized carbons (Fsp3) is 0.238. The van der Waals surface area contributed by atoms with Gasteiger partial charge in [0.1, 0.15) is 23.1 Å². The van der Waals surface area contributed by atoms with Crippen molar-refractivity contribution in [2.45, 2.75) is 24.2 Å². The van der Waals surface area contributed by atoms with Crippen LogP contribution in [0.5, 0.6) is 5.75 Å². The van der Waals surface area contributed by atoms with Gasteiger partial charge in [-0.2, -0.15) is 0 Å². The van der Waals surface area contributed by atoms with E-state index in [1.54, 1.807) is 18.2 Å². The van der Waals surface area contributed by atoms with Crippen molar-refractivity contribution >= 4 is 32.9 Å². The molecule has 1 atom stereocenters. The average Bonchev–Trinajstić information content (AvgIpc) is 3.38. The molecule has 3 aromatic rings. The number of anilines is 1. The van der Waals surface area contributed by atoms with Crippen LogP contribution in [-0.2, 0) is 18.0 Å². The molecule has 6 nitrogen and oxygen atoms in total. The number of rotatable bonds is 3. The van der Waals surface area contributed by atoms with E-state index in [-0.39, 0.29) is 17.9 Å². The van der Waals surface area contributed by atoms with Gasteiger partial charge in [0.05, 0.1) is 24.8 Å². The monoisotopic (exact) mass is 487 g/mol. The van der Waals surface area contributed by atoms with Gasteiger partial charge in [-0.25, -0.2) is 4.98 Å². The number of ether oxygens (including phenoxy) is 2. The lowest BCUT2D eigenvalue weighted by atomic mass is 10.0. The van der Waals surface area contributed by atoms with Crippen LogP contribution < -0.4 is 10.5 Å². The van der Waals surface area contributed by atoms with E-state index in [1.807, 2.05) is 0 Å². The number of hydrogen-bond donors (Lipinski definition) is 1. The Labute approximate surface area is 184 Å². The van der Waals surface area contributed by atoms with Crippen LogP contribution in [0.25, 0.3) is 10.9 Å². The van der Waals surface area contributed by atoms with Crippen molar-refractivity contribution in [1.82, 2.24) is 9.88 Å². The Kier molecular flexibility index (Phi) is 4.12. The summed E-state index contributed by atoms with van der Waals surface area (Å²) in [7, 11) is -8.36. The molecule has 0 aliphatic carbocycles. The number of hydrogen-bond acceptors (Lipinski definition) is 5. The standard InChI is InChI=1S/C21H18F5N3O3S/c1-29(18-10-32-19-7-12(3-4-13(18)19)33(22,23,24,25)26)21(30)11-2-5-17-14(6-11)15-8-31-9-16(15)20(27)28-17/h2-7,18H,8-10H2,1H3,(H2,27,28)/t18-/m1/s1. The van der Waals surface area contributed by atoms with E-state index >= 15 is 0 Å². The predicted octanol–water partition coefficient (Wildman–Crippen LogP) is 5.71. The number of carbonyl (C=O) groups excluding carboxylic acids is 1. The van der Waals surface area contributed by atoms with Crippen molar-refractivity contribution in [2.75, 3.05) is 19.4 Å². The minimum absolute atomic E-state index is 0.156. The molecule has 5 rings (SSSR count). The first-order valence-electron chi connectivity index (χ1n) is 9.79. The van der Waals surface area contributed by atoms with Crippen LogP contribution in [0.15, 0.2) is 41.3 Å². The van der Waals surface area contributed by atoms with Gasteiger partial charge < -0.3 is 20.1 Å². The smallest absolute Gasteiger partial charge is 0.310 e. The molecule has 2 N–H and O–H groups in total. The van der Waals surface area contributed by atoms with Crippen LogP contribution in [-0.4, -0.2) is 29.4 Å². The summed E-state index contributed by atoms with van der Waals surface area (Å²) in [6.07, 6.45) is 0. The summed E-state index contributed by atoms with van der Waals surface area (Å²) in [6.45, 7) is 0.514. The molecular formula is C21H18F5N3O3S. The van der Waals surface area contributed by atoms with Crippen LogP contribution in [0.2, 0.25) is 0 Å². The molecule has 2 aliphatic heterocycles. The van der Waals surface area contributed by atoms with Gasteiger partial charge in [-0.15, -0.1) is 0 Å². The highest BCUT2D eigenvalue weighted by molar-refractivity contribution is 8.45. The van der Waals surface area contributed by atoms with Gasteiger partial charge in [-0.05, 0) is 29.8 Å². The Balaban J connectivity index is 1.47. The van der Waals surface area contributed by atoms with E-state index in [4.69, 9.17) is 15.2 Å². The molecule has 12 heteroatoms. The number of carbonyl (C=O) groups is 1. The number of amides is 1. The zero-order chi connectivity index (χ0) is 23.8. The Morgan fingerprint density at radius 1 is 1.09 bits per heavy atom. The van der Waals surface area contributed by atoms with Gasteiger partial charge in [0.15, 0.2) is 0 Å². The second-order valence-corrected chi connectivity index (χ2v) is 10.5. The number of fused-ring (bicyclic) bond motifs is 4. The van der Waals surface area contributed by atoms with E-state index < -0.39 is 27.1 Å². The summed E-state index contributed by atoms with van der Waals surface area (Å²) in [6, 6.07) is 5.72. The van der Waals surface area contributed by atoms with Crippen molar-refractivity contribution in [1.29, 1.82) is 0 Å². The quantitative estimate of drug-likeness (QED) is 0.479. The summed E-state index contributed by atoms with van der Waals surface area (Å²) >= 11 is 0. The molecule has 0 bridgehead atoms. The largest absolute Gasteiger partial charge is 0.491 e. The van der Waals surface area contributed by atoms with Crippen molar-refractivity contribution in [2.24, 2.45) is 0 Å². The third-order valence-corrected chi connectivity index (χ3v) is 7.09. The Morgan fingerprint density at radius 3 is 2.55 bits per heavy atom. The maximum Gasteiger partial charge on any atom is 0.310 e. The van der Waals surface area contributed by atoms with Crippen LogP contribution in [0, 0.1) is 0 Å². The first kappa shape index (κ1) is 21.7. The molecule has 2 aliphatic rings. The van der Waals surface area contributed by atoms with E-state index in [2.05, 4.69) is 4.98 Å². The van der Waals surface area contributed by atoms with E-state index in [9.17, 15) is 24.2 Å². The van der Waals surface area contributed by atoms with E-state index in [0.717, 1.165) is 22.6 Å². The van der Waals surface area contributed by atoms with Crippen molar-refractivity contribution in [3.63, 3.8) is 0 Å². The molecule has 0 saturated carbocycles. The molecule has 33 heavy (non-hydrogen) atoms. The Morgan fingerprint density at radius 2 is 1.82 bits per heavy atom. The molecule has 1 aromatic heterocycles. The molecule has 0 unspecified atom stereocenters. The number of likely N-dealkylation sites (N-methyl/N-ethyl adjacent to an activating group) is 1. The van der Waals surface area contributed by atoms with Gasteiger partial charge in [-0.3, -0.25) is 4.79 Å². The first-order valence-corrected chi connectivity index (χ1v) is 11.7. The van der Waals surface area contributed by atoms with Crippen LogP contribution in [0.3, 0.4) is 0 Å². The highest BCUT2D eigenvalue weighted by Crippen LogP contribution is 3.02. The van der Waals surface area contributed by atoms with Gasteiger partial charge in [0.2, 0.25) is 0 Å². The van der Waals surface area contributed by atoms with Crippen LogP contribution >= 0.6 is 10.2 Å². The third kappa shape index (κ3) is 3.62. The second kappa shape index (κ2) is 6.26. The molecule has 1 amide bonds. The predicted molar refractivity (Wildman–Crippen MR) is 113 cm³/mol. The highest BCUT2D eigenvalue weighted by Gasteiger charge is 2.65. The zero-order valence-corrected chi connectivity index (χ0v) is 18.0. The number of aromatic nitrogens is 1. The molecule has 0 fully saturated rings. The summed E-state index contributed by atoms with van der Waals surface area (Å²) < 4.78 is 76.3. The number of pyridine rings is 1. The molecule has 0 radical (unpaired) electrons. The van der Waals surface area contributed by atoms with Crippen LogP contribution in [0.1, 0.15) is 33.1 Å². The topological polar surface area (TPSA) is 77.7 Å². The SMILES string of the molecule is CN(C(=O)c1ccc2nc(N)c3c(c2c1)COC3)[C@@H]1COc2cc(S(F)(F)(F)(F)F)ccc21. The van der Waals surface area contributed by atoms with Gasteiger partial charge in [-0.1, -0.05) is 25.5 Å². The second-order valence-electron chi connectivity index (χ2n) is 8.09. The highest BCUT2D eigenvalue weighted by atomic mass is 32.5. The van der Waals surface area contributed by atoms with Crippen LogP contribution in [0.4, 0.5) is 25.2 Å². The number of halogens is 5. The normalized spacial score (nSPS) is 19.4. The summed E-state index contributed by atoms with van der Waals surface area (Å²) in [4.78, 5) is 16.8. The van der Waals surface area contributed by atoms with Crippen molar-refractivity contribution in [3.05, 3.63) is 58.7 Å². The minimum Gasteiger partial charge on any atom is -0.491 e. The lowest BCUT2D eigenvalue weighted by molar-refractivity contribution is 0.0708. The van der Waals surface area contributed by atoms with Gasteiger partial charge in [0, 0.05) is 35.2 Å². The number of benzene rings is 2. The minimum atomic E-state index is -9.84. The van der Waals surface area contributed by atoms with Gasteiger partial charge in [0.25, 0.3) is 5.91 Å². The fourth-order valence-electron chi connectivity index (χ4n) is 4.18. The molecule has 176 valence electrons. The maximum absolute atomic E-state index is 13.2. The lowest BCUT2D eigenvalue weighted by Gasteiger charge is -2.40. The lowest BCUT2D eigenvalue weighted by Crippen LogP contribution is -2.32. The van der Waals surface area contributed by atoms with E-state index in [1.165, 1.54) is 11.9 Å². The maximum atomic E-state index is 13.2. The molecule has 3 heterocycles. The van der Waals surface area contributed by atoms with Crippen molar-refractivity contribution < 1.29 is 33.7 Å². The van der Waals surface area contributed by atoms with Crippen molar-refractivity contribution in [3.8, 4) is 5.75 Å². The van der Waals surface area contributed by atoms with E-state index in [0.29, 0.717) is 42.2 Å². The number of nitrogen functional groups attached to an aromatic ring is 1. The number of nitrogens with zero attached hydrogens (tertiary/aromatic N) is 2. The molecule has 0 spiro atoms. The summed E-state index contributed by atoms with van der Waals surface area (Å²) in [5.74, 6) is -0.366. The molecular weight excluding hydrogens is 469 g/mol. The number of nitrogens with two attached hydrogens (primary N) is 1. The summed E-state index contributed by atoms with van der Waals surface area (Å²) in [5.41, 5.74) is 8.75. The Bertz CT molecular complexity index is 1350. The average molecular weight is 487 g/mol.